The second-order valence-corrected chi connectivity index (χ2v) is 5.79. The standard InChI is InChI=1S/C15H17ClN6O/c1-11-2-3-12(16)8-13(11)18-14-9-17-20-15(19-14)22-6-4-21(10-23)5-7-22/h2-3,8-10H,4-7H2,1H3,(H,18,19,20). The molecule has 1 saturated heterocycles. The predicted octanol–water partition coefficient (Wildman–Crippen LogP) is 1.86. The highest BCUT2D eigenvalue weighted by Gasteiger charge is 2.18. The summed E-state index contributed by atoms with van der Waals surface area (Å²) in [5.41, 5.74) is 1.95. The zero-order chi connectivity index (χ0) is 16.2. The first-order chi connectivity index (χ1) is 11.2. The summed E-state index contributed by atoms with van der Waals surface area (Å²) in [4.78, 5) is 19.0. The first-order valence-corrected chi connectivity index (χ1v) is 7.71. The van der Waals surface area contributed by atoms with Gasteiger partial charge in [-0.3, -0.25) is 4.79 Å². The molecule has 0 spiro atoms. The van der Waals surface area contributed by atoms with E-state index in [1.165, 1.54) is 0 Å². The lowest BCUT2D eigenvalue weighted by Gasteiger charge is -2.32. The minimum absolute atomic E-state index is 0.556. The maximum Gasteiger partial charge on any atom is 0.247 e. The van der Waals surface area contributed by atoms with Crippen molar-refractivity contribution >= 4 is 35.5 Å². The highest BCUT2D eigenvalue weighted by molar-refractivity contribution is 6.30. The summed E-state index contributed by atoms with van der Waals surface area (Å²) >= 11 is 6.03. The second-order valence-electron chi connectivity index (χ2n) is 5.35. The van der Waals surface area contributed by atoms with E-state index >= 15 is 0 Å². The number of nitrogens with one attached hydrogen (secondary N) is 1. The Morgan fingerprint density at radius 3 is 2.78 bits per heavy atom. The van der Waals surface area contributed by atoms with Crippen molar-refractivity contribution in [1.82, 2.24) is 20.1 Å². The maximum absolute atomic E-state index is 10.8. The fourth-order valence-electron chi connectivity index (χ4n) is 2.38. The van der Waals surface area contributed by atoms with Crippen molar-refractivity contribution in [2.24, 2.45) is 0 Å². The Bertz CT molecular complexity index is 702. The molecule has 8 heteroatoms. The number of carbonyl (C=O) groups excluding carboxylic acids is 1. The van der Waals surface area contributed by atoms with Crippen molar-refractivity contribution in [3.05, 3.63) is 35.0 Å². The molecule has 3 rings (SSSR count). The van der Waals surface area contributed by atoms with Crippen LogP contribution in [0.3, 0.4) is 0 Å². The van der Waals surface area contributed by atoms with Gasteiger partial charge in [0.05, 0.1) is 6.20 Å². The molecule has 1 fully saturated rings. The molecular weight excluding hydrogens is 316 g/mol. The van der Waals surface area contributed by atoms with Crippen molar-refractivity contribution in [2.75, 3.05) is 36.4 Å². The number of halogens is 1. The average molecular weight is 333 g/mol. The van der Waals surface area contributed by atoms with Crippen molar-refractivity contribution in [2.45, 2.75) is 6.92 Å². The zero-order valence-electron chi connectivity index (χ0n) is 12.7. The fourth-order valence-corrected chi connectivity index (χ4v) is 2.55. The summed E-state index contributed by atoms with van der Waals surface area (Å²) in [5, 5.41) is 12.0. The van der Waals surface area contributed by atoms with E-state index in [1.54, 1.807) is 11.1 Å². The minimum atomic E-state index is 0.556. The Hall–Kier alpha value is -2.41. The lowest BCUT2D eigenvalue weighted by Crippen LogP contribution is -2.46. The Labute approximate surface area is 139 Å². The predicted molar refractivity (Wildman–Crippen MR) is 89.1 cm³/mol. The van der Waals surface area contributed by atoms with Crippen molar-refractivity contribution in [3.8, 4) is 0 Å². The number of anilines is 3. The SMILES string of the molecule is Cc1ccc(Cl)cc1Nc1cnnc(N2CCN(C=O)CC2)n1. The normalized spacial score (nSPS) is 14.7. The Morgan fingerprint density at radius 1 is 1.26 bits per heavy atom. The van der Waals surface area contributed by atoms with Crippen LogP contribution in [0.15, 0.2) is 24.4 Å². The van der Waals surface area contributed by atoms with Gasteiger partial charge in [0.15, 0.2) is 5.82 Å². The van der Waals surface area contributed by atoms with E-state index in [-0.39, 0.29) is 0 Å². The number of benzene rings is 1. The number of hydrogen-bond acceptors (Lipinski definition) is 6. The first kappa shape index (κ1) is 15.5. The zero-order valence-corrected chi connectivity index (χ0v) is 13.5. The van der Waals surface area contributed by atoms with Crippen molar-refractivity contribution in [3.63, 3.8) is 0 Å². The summed E-state index contributed by atoms with van der Waals surface area (Å²) in [6.45, 7) is 4.71. The molecule has 1 aliphatic rings. The quantitative estimate of drug-likeness (QED) is 0.861. The lowest BCUT2D eigenvalue weighted by atomic mass is 10.2. The first-order valence-electron chi connectivity index (χ1n) is 7.33. The molecule has 0 radical (unpaired) electrons. The van der Waals surface area contributed by atoms with Gasteiger partial charge in [0.2, 0.25) is 12.4 Å². The molecule has 7 nitrogen and oxygen atoms in total. The number of nitrogens with zero attached hydrogens (tertiary/aromatic N) is 5. The van der Waals surface area contributed by atoms with E-state index in [0.717, 1.165) is 17.7 Å². The summed E-state index contributed by atoms with van der Waals surface area (Å²) in [7, 11) is 0. The lowest BCUT2D eigenvalue weighted by molar-refractivity contribution is -0.118. The molecule has 2 heterocycles. The Kier molecular flexibility index (Phi) is 4.57. The van der Waals surface area contributed by atoms with Gasteiger partial charge in [-0.25, -0.2) is 0 Å². The molecule has 23 heavy (non-hydrogen) atoms. The van der Waals surface area contributed by atoms with Gasteiger partial charge in [-0.1, -0.05) is 17.7 Å². The van der Waals surface area contributed by atoms with Crippen LogP contribution in [-0.4, -0.2) is 52.7 Å². The molecule has 0 saturated carbocycles. The molecule has 120 valence electrons. The third-order valence-corrected chi connectivity index (χ3v) is 3.99. The number of hydrogen-bond donors (Lipinski definition) is 1. The van der Waals surface area contributed by atoms with Gasteiger partial charge in [-0.15, -0.1) is 5.10 Å². The number of amides is 1. The van der Waals surface area contributed by atoms with Gasteiger partial charge >= 0.3 is 0 Å². The van der Waals surface area contributed by atoms with Crippen LogP contribution in [0.4, 0.5) is 17.5 Å². The highest BCUT2D eigenvalue weighted by Crippen LogP contribution is 2.23. The van der Waals surface area contributed by atoms with Gasteiger partial charge in [0.25, 0.3) is 0 Å². The third kappa shape index (κ3) is 3.68. The molecule has 1 N–H and O–H groups in total. The Morgan fingerprint density at radius 2 is 2.04 bits per heavy atom. The van der Waals surface area contributed by atoms with E-state index in [0.29, 0.717) is 43.0 Å². The van der Waals surface area contributed by atoms with Crippen molar-refractivity contribution < 1.29 is 4.79 Å². The number of rotatable bonds is 4. The molecule has 2 aromatic rings. The van der Waals surface area contributed by atoms with Crippen molar-refractivity contribution in [1.29, 1.82) is 0 Å². The van der Waals surface area contributed by atoms with E-state index < -0.39 is 0 Å². The van der Waals surface area contributed by atoms with E-state index in [4.69, 9.17) is 11.6 Å². The van der Waals surface area contributed by atoms with Gasteiger partial charge in [-0.2, -0.15) is 10.1 Å². The molecule has 1 aromatic heterocycles. The third-order valence-electron chi connectivity index (χ3n) is 3.76. The number of aromatic nitrogens is 3. The largest absolute Gasteiger partial charge is 0.342 e. The van der Waals surface area contributed by atoms with Gasteiger partial charge in [0, 0.05) is 36.9 Å². The smallest absolute Gasteiger partial charge is 0.247 e. The molecule has 0 atom stereocenters. The maximum atomic E-state index is 10.8. The molecule has 0 unspecified atom stereocenters. The van der Waals surface area contributed by atoms with Crippen LogP contribution in [0, 0.1) is 6.92 Å². The monoisotopic (exact) mass is 332 g/mol. The fraction of sp³-hybridized carbons (Fsp3) is 0.333. The number of piperazine rings is 1. The second kappa shape index (κ2) is 6.78. The number of carbonyl (C=O) groups is 1. The summed E-state index contributed by atoms with van der Waals surface area (Å²) < 4.78 is 0. The van der Waals surface area contributed by atoms with E-state index in [9.17, 15) is 4.79 Å². The minimum Gasteiger partial charge on any atom is -0.342 e. The van der Waals surface area contributed by atoms with Crippen LogP contribution in [0.5, 0.6) is 0 Å². The summed E-state index contributed by atoms with van der Waals surface area (Å²) in [6.07, 6.45) is 2.45. The van der Waals surface area contributed by atoms with E-state index in [1.807, 2.05) is 30.0 Å². The van der Waals surface area contributed by atoms with Gasteiger partial charge in [-0.05, 0) is 24.6 Å². The molecule has 0 bridgehead atoms. The summed E-state index contributed by atoms with van der Waals surface area (Å²) in [5.74, 6) is 1.17. The van der Waals surface area contributed by atoms with Crippen LogP contribution in [0.2, 0.25) is 5.02 Å². The molecule has 1 amide bonds. The van der Waals surface area contributed by atoms with Gasteiger partial charge < -0.3 is 15.1 Å². The van der Waals surface area contributed by atoms with Crippen LogP contribution in [0.25, 0.3) is 0 Å². The van der Waals surface area contributed by atoms with Crippen LogP contribution in [-0.2, 0) is 4.79 Å². The molecular formula is C15H17ClN6O. The van der Waals surface area contributed by atoms with Crippen LogP contribution in [0.1, 0.15) is 5.56 Å². The Balaban J connectivity index is 1.75. The molecule has 1 aromatic carbocycles. The van der Waals surface area contributed by atoms with E-state index in [2.05, 4.69) is 20.5 Å². The van der Waals surface area contributed by atoms with Crippen LogP contribution >= 0.6 is 11.6 Å². The summed E-state index contributed by atoms with van der Waals surface area (Å²) in [6, 6.07) is 5.64. The van der Waals surface area contributed by atoms with Gasteiger partial charge in [0.1, 0.15) is 0 Å². The molecule has 0 aliphatic carbocycles. The topological polar surface area (TPSA) is 74.2 Å². The molecule has 1 aliphatic heterocycles. The van der Waals surface area contributed by atoms with Crippen LogP contribution < -0.4 is 10.2 Å². The average Bonchev–Trinajstić information content (AvgIpc) is 2.58. The highest BCUT2D eigenvalue weighted by atomic mass is 35.5. The number of aryl methyl sites for hydroxylation is 1.